The Hall–Kier alpha value is -2.07. The fourth-order valence-corrected chi connectivity index (χ4v) is 2.53. The maximum Gasteiger partial charge on any atom is 0.250 e. The molecule has 2 aromatic carbocycles. The number of hydrogen-bond donors (Lipinski definition) is 2. The Kier molecular flexibility index (Phi) is 3.56. The van der Waals surface area contributed by atoms with Crippen molar-refractivity contribution in [2.24, 2.45) is 0 Å². The van der Waals surface area contributed by atoms with Crippen molar-refractivity contribution in [3.8, 4) is 0 Å². The molecule has 3 aromatic rings. The van der Waals surface area contributed by atoms with Crippen LogP contribution in [0.4, 0.5) is 5.69 Å². The van der Waals surface area contributed by atoms with Gasteiger partial charge in [-0.25, -0.2) is 0 Å². The molecule has 0 aliphatic rings. The molecule has 20 heavy (non-hydrogen) atoms. The van der Waals surface area contributed by atoms with Crippen LogP contribution < -0.4 is 10.9 Å². The molecule has 0 saturated carbocycles. The molecule has 3 rings (SSSR count). The van der Waals surface area contributed by atoms with Gasteiger partial charge >= 0.3 is 0 Å². The van der Waals surface area contributed by atoms with Crippen LogP contribution in [0.1, 0.15) is 5.56 Å². The predicted molar refractivity (Wildman–Crippen MR) is 86.0 cm³/mol. The van der Waals surface area contributed by atoms with E-state index in [1.54, 1.807) is 6.07 Å². The average Bonchev–Trinajstić information content (AvgIpc) is 2.46. The number of hydrogen-bond acceptors (Lipinski definition) is 2. The molecule has 0 unspecified atom stereocenters. The number of pyridine rings is 1. The second-order valence-electron chi connectivity index (χ2n) is 4.58. The lowest BCUT2D eigenvalue weighted by Crippen LogP contribution is -2.08. The van der Waals surface area contributed by atoms with E-state index in [-0.39, 0.29) is 5.56 Å². The molecule has 0 bridgehead atoms. The molecular weight excluding hydrogens is 316 g/mol. The number of H-pyrrole nitrogens is 1. The summed E-state index contributed by atoms with van der Waals surface area (Å²) in [7, 11) is 0. The molecule has 1 heterocycles. The van der Waals surface area contributed by atoms with E-state index >= 15 is 0 Å². The molecule has 0 atom stereocenters. The van der Waals surface area contributed by atoms with E-state index in [2.05, 4.69) is 38.4 Å². The summed E-state index contributed by atoms with van der Waals surface area (Å²) in [4.78, 5) is 14.5. The fraction of sp³-hybridized carbons (Fsp3) is 0.0625. The minimum Gasteiger partial charge on any atom is -0.380 e. The van der Waals surface area contributed by atoms with Gasteiger partial charge in [0.25, 0.3) is 0 Å². The van der Waals surface area contributed by atoms with Gasteiger partial charge in [0.2, 0.25) is 5.56 Å². The van der Waals surface area contributed by atoms with Crippen molar-refractivity contribution in [2.75, 3.05) is 5.32 Å². The lowest BCUT2D eigenvalue weighted by molar-refractivity contribution is 1.15. The van der Waals surface area contributed by atoms with Crippen LogP contribution in [0.3, 0.4) is 0 Å². The van der Waals surface area contributed by atoms with Crippen LogP contribution in [0.2, 0.25) is 0 Å². The van der Waals surface area contributed by atoms with Crippen molar-refractivity contribution in [3.05, 3.63) is 75.0 Å². The van der Waals surface area contributed by atoms with Crippen molar-refractivity contribution in [1.82, 2.24) is 4.98 Å². The van der Waals surface area contributed by atoms with E-state index in [1.807, 2.05) is 36.4 Å². The summed E-state index contributed by atoms with van der Waals surface area (Å²) in [5.41, 5.74) is 2.75. The summed E-state index contributed by atoms with van der Waals surface area (Å²) in [6.07, 6.45) is 0. The average molecular weight is 329 g/mol. The van der Waals surface area contributed by atoms with Crippen LogP contribution >= 0.6 is 15.9 Å². The predicted octanol–water partition coefficient (Wildman–Crippen LogP) is 3.90. The van der Waals surface area contributed by atoms with Gasteiger partial charge in [-0.2, -0.15) is 0 Å². The molecule has 0 aliphatic heterocycles. The van der Waals surface area contributed by atoms with Crippen molar-refractivity contribution in [1.29, 1.82) is 0 Å². The fourth-order valence-electron chi connectivity index (χ4n) is 2.17. The van der Waals surface area contributed by atoms with Crippen LogP contribution in [0, 0.1) is 0 Å². The maximum atomic E-state index is 11.7. The molecule has 0 radical (unpaired) electrons. The molecule has 0 spiro atoms. The Bertz CT molecular complexity index is 796. The molecule has 0 saturated heterocycles. The SMILES string of the molecule is O=c1cc(NCc2ccccc2)c2cc(Br)ccc2[nH]1. The zero-order valence-electron chi connectivity index (χ0n) is 10.7. The summed E-state index contributed by atoms with van der Waals surface area (Å²) in [6.45, 7) is 0.686. The zero-order valence-corrected chi connectivity index (χ0v) is 12.3. The molecule has 3 nitrogen and oxygen atoms in total. The van der Waals surface area contributed by atoms with E-state index in [0.29, 0.717) is 6.54 Å². The third kappa shape index (κ3) is 2.75. The number of aromatic amines is 1. The van der Waals surface area contributed by atoms with Crippen LogP contribution in [-0.4, -0.2) is 4.98 Å². The summed E-state index contributed by atoms with van der Waals surface area (Å²) in [5, 5.41) is 4.33. The number of aromatic nitrogens is 1. The Morgan fingerprint density at radius 3 is 2.65 bits per heavy atom. The maximum absolute atomic E-state index is 11.7. The molecule has 100 valence electrons. The van der Waals surface area contributed by atoms with Gasteiger partial charge in [-0.1, -0.05) is 46.3 Å². The number of rotatable bonds is 3. The first-order valence-electron chi connectivity index (χ1n) is 6.33. The van der Waals surface area contributed by atoms with E-state index in [9.17, 15) is 4.79 Å². The van der Waals surface area contributed by atoms with Crippen molar-refractivity contribution < 1.29 is 0 Å². The highest BCUT2D eigenvalue weighted by atomic mass is 79.9. The minimum atomic E-state index is -0.101. The van der Waals surface area contributed by atoms with Crippen molar-refractivity contribution >= 4 is 32.5 Å². The highest BCUT2D eigenvalue weighted by Crippen LogP contribution is 2.24. The second kappa shape index (κ2) is 5.51. The van der Waals surface area contributed by atoms with Crippen molar-refractivity contribution in [3.63, 3.8) is 0 Å². The summed E-state index contributed by atoms with van der Waals surface area (Å²) >= 11 is 3.46. The second-order valence-corrected chi connectivity index (χ2v) is 5.49. The molecule has 0 fully saturated rings. The molecule has 0 aliphatic carbocycles. The van der Waals surface area contributed by atoms with Gasteiger partial charge in [0.1, 0.15) is 0 Å². The quantitative estimate of drug-likeness (QED) is 0.765. The first-order chi connectivity index (χ1) is 9.72. The van der Waals surface area contributed by atoms with Gasteiger partial charge in [-0.3, -0.25) is 4.79 Å². The lowest BCUT2D eigenvalue weighted by atomic mass is 10.1. The normalized spacial score (nSPS) is 10.7. The molecule has 0 amide bonds. The molecule has 2 N–H and O–H groups in total. The monoisotopic (exact) mass is 328 g/mol. The molecule has 4 heteroatoms. The van der Waals surface area contributed by atoms with E-state index < -0.39 is 0 Å². The largest absolute Gasteiger partial charge is 0.380 e. The third-order valence-electron chi connectivity index (χ3n) is 3.13. The summed E-state index contributed by atoms with van der Waals surface area (Å²) < 4.78 is 0.986. The van der Waals surface area contributed by atoms with Crippen molar-refractivity contribution in [2.45, 2.75) is 6.54 Å². The number of benzene rings is 2. The molecular formula is C16H13BrN2O. The van der Waals surface area contributed by atoms with E-state index in [0.717, 1.165) is 21.1 Å². The van der Waals surface area contributed by atoms with E-state index in [4.69, 9.17) is 0 Å². The van der Waals surface area contributed by atoms with Gasteiger partial charge < -0.3 is 10.3 Å². The van der Waals surface area contributed by atoms with Crippen LogP contribution in [0.25, 0.3) is 10.9 Å². The summed E-state index contributed by atoms with van der Waals surface area (Å²) in [6, 6.07) is 17.5. The number of nitrogens with one attached hydrogen (secondary N) is 2. The highest BCUT2D eigenvalue weighted by Gasteiger charge is 2.04. The Balaban J connectivity index is 1.98. The van der Waals surface area contributed by atoms with Gasteiger partial charge in [-0.15, -0.1) is 0 Å². The Morgan fingerprint density at radius 1 is 1.05 bits per heavy atom. The van der Waals surface area contributed by atoms with Gasteiger partial charge in [0.05, 0.1) is 5.52 Å². The summed E-state index contributed by atoms with van der Waals surface area (Å²) in [5.74, 6) is 0. The van der Waals surface area contributed by atoms with Crippen LogP contribution in [0.15, 0.2) is 63.9 Å². The zero-order chi connectivity index (χ0) is 13.9. The van der Waals surface area contributed by atoms with Gasteiger partial charge in [-0.05, 0) is 23.8 Å². The first kappa shape index (κ1) is 12.9. The minimum absolute atomic E-state index is 0.101. The van der Waals surface area contributed by atoms with E-state index in [1.165, 1.54) is 5.56 Å². The number of fused-ring (bicyclic) bond motifs is 1. The highest BCUT2D eigenvalue weighted by molar-refractivity contribution is 9.10. The standard InChI is InChI=1S/C16H13BrN2O/c17-12-6-7-14-13(8-12)15(9-16(20)19-14)18-10-11-4-2-1-3-5-11/h1-9H,10H2,(H2,18,19,20). The van der Waals surface area contributed by atoms with Crippen LogP contribution in [0.5, 0.6) is 0 Å². The third-order valence-corrected chi connectivity index (χ3v) is 3.62. The lowest BCUT2D eigenvalue weighted by Gasteiger charge is -2.10. The Labute approximate surface area is 124 Å². The number of halogens is 1. The number of anilines is 1. The molecule has 1 aromatic heterocycles. The Morgan fingerprint density at radius 2 is 1.85 bits per heavy atom. The van der Waals surface area contributed by atoms with Gasteiger partial charge in [0.15, 0.2) is 0 Å². The topological polar surface area (TPSA) is 44.9 Å². The first-order valence-corrected chi connectivity index (χ1v) is 7.12. The van der Waals surface area contributed by atoms with Gasteiger partial charge in [0, 0.05) is 28.2 Å². The van der Waals surface area contributed by atoms with Crippen LogP contribution in [-0.2, 0) is 6.54 Å². The smallest absolute Gasteiger partial charge is 0.250 e.